The van der Waals surface area contributed by atoms with Crippen LogP contribution in [0.3, 0.4) is 0 Å². The van der Waals surface area contributed by atoms with E-state index in [4.69, 9.17) is 9.26 Å². The first-order valence-corrected chi connectivity index (χ1v) is 11.2. The van der Waals surface area contributed by atoms with Crippen LogP contribution in [0.1, 0.15) is 61.1 Å². The van der Waals surface area contributed by atoms with Gasteiger partial charge in [-0.25, -0.2) is 0 Å². The molecule has 174 valence electrons. The fraction of sp³-hybridized carbons (Fsp3) is 0.600. The second-order valence-electron chi connectivity index (χ2n) is 9.39. The Balaban J connectivity index is 0.000000519. The molecule has 2 aromatic rings. The predicted molar refractivity (Wildman–Crippen MR) is 127 cm³/mol. The maximum absolute atomic E-state index is 11.9. The molecule has 1 fully saturated rings. The van der Waals surface area contributed by atoms with Crippen molar-refractivity contribution >= 4 is 5.91 Å². The molecule has 0 bridgehead atoms. The Morgan fingerprint density at radius 2 is 1.65 bits per heavy atom. The van der Waals surface area contributed by atoms with Crippen LogP contribution in [0, 0.1) is 11.8 Å². The van der Waals surface area contributed by atoms with Crippen LogP contribution in [0.4, 0.5) is 0 Å². The summed E-state index contributed by atoms with van der Waals surface area (Å²) in [5, 5.41) is 7.08. The maximum Gasteiger partial charge on any atom is 0.237 e. The first kappa shape index (κ1) is 26.7. The minimum Gasteiger partial charge on any atom is -0.497 e. The van der Waals surface area contributed by atoms with Crippen LogP contribution in [0.2, 0.25) is 0 Å². The number of amides is 1. The van der Waals surface area contributed by atoms with Gasteiger partial charge in [0.25, 0.3) is 0 Å². The molecule has 0 spiro atoms. The van der Waals surface area contributed by atoms with Gasteiger partial charge in [0.1, 0.15) is 5.75 Å². The van der Waals surface area contributed by atoms with E-state index >= 15 is 0 Å². The molecule has 1 aliphatic rings. The summed E-state index contributed by atoms with van der Waals surface area (Å²) in [6.07, 6.45) is 0. The van der Waals surface area contributed by atoms with Crippen molar-refractivity contribution in [3.05, 3.63) is 36.0 Å². The summed E-state index contributed by atoms with van der Waals surface area (Å²) in [5.41, 5.74) is 1.77. The molecule has 2 unspecified atom stereocenters. The fourth-order valence-corrected chi connectivity index (χ4v) is 2.77. The van der Waals surface area contributed by atoms with Crippen molar-refractivity contribution in [1.29, 1.82) is 0 Å². The van der Waals surface area contributed by atoms with E-state index in [-0.39, 0.29) is 18.0 Å². The second kappa shape index (κ2) is 13.2. The summed E-state index contributed by atoms with van der Waals surface area (Å²) in [5.74, 6) is 3.24. The van der Waals surface area contributed by atoms with Gasteiger partial charge in [-0.15, -0.1) is 0 Å². The Hall–Kier alpha value is -2.34. The summed E-state index contributed by atoms with van der Waals surface area (Å²) in [6.45, 7) is 18.3. The molecule has 2 heterocycles. The number of aromatic nitrogens is 1. The standard InChI is InChI=1S/C17H21N3O3.2C4H10/c1-11-9-20(12(2)17(21)18-11)10-14-8-16(23-19-14)13-4-6-15(22-3)7-5-13;2*1-4(2)3/h4-8,11-12H,9-10H2,1-3H3,(H,18,21);2*4H,1-3H3. The second-order valence-corrected chi connectivity index (χ2v) is 9.39. The molecule has 1 aromatic heterocycles. The quantitative estimate of drug-likeness (QED) is 0.703. The normalized spacial score (nSPS) is 18.6. The van der Waals surface area contributed by atoms with Gasteiger partial charge in [-0.05, 0) is 49.9 Å². The van der Waals surface area contributed by atoms with Gasteiger partial charge < -0.3 is 14.6 Å². The SMILES string of the molecule is CC(C)C.CC(C)C.COc1ccc(-c2cc(CN3CC(C)NC(=O)C3C)no2)cc1. The highest BCUT2D eigenvalue weighted by molar-refractivity contribution is 5.82. The zero-order chi connectivity index (χ0) is 23.6. The van der Waals surface area contributed by atoms with Crippen molar-refractivity contribution in [1.82, 2.24) is 15.4 Å². The van der Waals surface area contributed by atoms with E-state index in [9.17, 15) is 4.79 Å². The molecule has 1 aliphatic heterocycles. The number of carbonyl (C=O) groups is 1. The minimum absolute atomic E-state index is 0.0580. The van der Waals surface area contributed by atoms with Gasteiger partial charge in [0.15, 0.2) is 5.76 Å². The van der Waals surface area contributed by atoms with Crippen LogP contribution < -0.4 is 10.1 Å². The molecule has 3 rings (SSSR count). The molecule has 1 N–H and O–H groups in total. The lowest BCUT2D eigenvalue weighted by Crippen LogP contribution is -2.57. The highest BCUT2D eigenvalue weighted by Crippen LogP contribution is 2.24. The Kier molecular flexibility index (Phi) is 11.3. The molecular weight excluding hydrogens is 390 g/mol. The van der Waals surface area contributed by atoms with Gasteiger partial charge in [-0.1, -0.05) is 46.7 Å². The van der Waals surface area contributed by atoms with Gasteiger partial charge in [-0.2, -0.15) is 0 Å². The van der Waals surface area contributed by atoms with Crippen LogP contribution in [-0.2, 0) is 11.3 Å². The number of rotatable bonds is 4. The molecule has 0 aliphatic carbocycles. The predicted octanol–water partition coefficient (Wildman–Crippen LogP) is 5.38. The molecule has 6 nitrogen and oxygen atoms in total. The lowest BCUT2D eigenvalue weighted by atomic mass is 10.1. The zero-order valence-corrected chi connectivity index (χ0v) is 20.7. The molecule has 0 saturated carbocycles. The highest BCUT2D eigenvalue weighted by atomic mass is 16.5. The van der Waals surface area contributed by atoms with Crippen molar-refractivity contribution in [3.63, 3.8) is 0 Å². The number of nitrogens with zero attached hydrogens (tertiary/aromatic N) is 2. The number of ether oxygens (including phenoxy) is 1. The lowest BCUT2D eigenvalue weighted by molar-refractivity contribution is -0.130. The topological polar surface area (TPSA) is 67.6 Å². The third-order valence-corrected chi connectivity index (χ3v) is 4.12. The first-order chi connectivity index (χ1) is 14.5. The summed E-state index contributed by atoms with van der Waals surface area (Å²) >= 11 is 0. The van der Waals surface area contributed by atoms with Crippen LogP contribution in [0.5, 0.6) is 5.75 Å². The van der Waals surface area contributed by atoms with Crippen LogP contribution >= 0.6 is 0 Å². The molecule has 1 aromatic carbocycles. The van der Waals surface area contributed by atoms with Gasteiger partial charge in [0.2, 0.25) is 5.91 Å². The molecular formula is C25H41N3O3. The van der Waals surface area contributed by atoms with E-state index in [1.807, 2.05) is 44.2 Å². The van der Waals surface area contributed by atoms with Gasteiger partial charge >= 0.3 is 0 Å². The maximum atomic E-state index is 11.9. The molecule has 31 heavy (non-hydrogen) atoms. The summed E-state index contributed by atoms with van der Waals surface area (Å²) in [6, 6.07) is 9.54. The molecule has 1 amide bonds. The van der Waals surface area contributed by atoms with Crippen molar-refractivity contribution in [2.24, 2.45) is 11.8 Å². The Morgan fingerprint density at radius 3 is 2.16 bits per heavy atom. The van der Waals surface area contributed by atoms with E-state index < -0.39 is 0 Å². The average molecular weight is 432 g/mol. The van der Waals surface area contributed by atoms with Crippen molar-refractivity contribution in [3.8, 4) is 17.1 Å². The number of nitrogens with one attached hydrogen (secondary N) is 1. The minimum atomic E-state index is -0.160. The number of hydrogen-bond donors (Lipinski definition) is 1. The van der Waals surface area contributed by atoms with E-state index in [1.54, 1.807) is 7.11 Å². The average Bonchev–Trinajstić information content (AvgIpc) is 3.13. The van der Waals surface area contributed by atoms with Crippen molar-refractivity contribution in [2.75, 3.05) is 13.7 Å². The third kappa shape index (κ3) is 10.0. The molecule has 6 heteroatoms. The van der Waals surface area contributed by atoms with Crippen molar-refractivity contribution in [2.45, 2.75) is 74.0 Å². The summed E-state index contributed by atoms with van der Waals surface area (Å²) < 4.78 is 10.6. The monoisotopic (exact) mass is 431 g/mol. The Labute approximate surface area is 188 Å². The Morgan fingerprint density at radius 1 is 1.10 bits per heavy atom. The lowest BCUT2D eigenvalue weighted by Gasteiger charge is -2.35. The molecule has 2 atom stereocenters. The third-order valence-electron chi connectivity index (χ3n) is 4.12. The van der Waals surface area contributed by atoms with E-state index in [1.165, 1.54) is 0 Å². The van der Waals surface area contributed by atoms with Crippen LogP contribution in [0.25, 0.3) is 11.3 Å². The zero-order valence-electron chi connectivity index (χ0n) is 20.7. The fourth-order valence-electron chi connectivity index (χ4n) is 2.77. The van der Waals surface area contributed by atoms with E-state index in [0.717, 1.165) is 35.4 Å². The van der Waals surface area contributed by atoms with Crippen LogP contribution in [0.15, 0.2) is 34.9 Å². The summed E-state index contributed by atoms with van der Waals surface area (Å²) in [7, 11) is 1.64. The van der Waals surface area contributed by atoms with Gasteiger partial charge in [0.05, 0.1) is 18.8 Å². The highest BCUT2D eigenvalue weighted by Gasteiger charge is 2.29. The van der Waals surface area contributed by atoms with Gasteiger partial charge in [-0.3, -0.25) is 9.69 Å². The number of methoxy groups -OCH3 is 1. The molecule has 0 radical (unpaired) electrons. The van der Waals surface area contributed by atoms with E-state index in [2.05, 4.69) is 56.9 Å². The number of carbonyl (C=O) groups excluding carboxylic acids is 1. The van der Waals surface area contributed by atoms with E-state index in [0.29, 0.717) is 12.3 Å². The summed E-state index contributed by atoms with van der Waals surface area (Å²) in [4.78, 5) is 14.0. The number of benzene rings is 1. The van der Waals surface area contributed by atoms with Crippen molar-refractivity contribution < 1.29 is 14.1 Å². The number of hydrogen-bond acceptors (Lipinski definition) is 5. The van der Waals surface area contributed by atoms with Gasteiger partial charge in [0, 0.05) is 30.8 Å². The first-order valence-electron chi connectivity index (χ1n) is 11.2. The molecule has 1 saturated heterocycles. The van der Waals surface area contributed by atoms with Crippen LogP contribution in [-0.4, -0.2) is 41.7 Å². The number of piperazine rings is 1. The smallest absolute Gasteiger partial charge is 0.237 e. The Bertz CT molecular complexity index is 757. The largest absolute Gasteiger partial charge is 0.497 e.